The van der Waals surface area contributed by atoms with Gasteiger partial charge in [0.1, 0.15) is 12.0 Å². The molecule has 1 fully saturated rings. The molecule has 0 bridgehead atoms. The van der Waals surface area contributed by atoms with Gasteiger partial charge in [0.15, 0.2) is 0 Å². The summed E-state index contributed by atoms with van der Waals surface area (Å²) in [6.07, 6.45) is 0.574. The number of halogens is 3. The summed E-state index contributed by atoms with van der Waals surface area (Å²) >= 11 is 3.21. The predicted molar refractivity (Wildman–Crippen MR) is 58.1 cm³/mol. The first kappa shape index (κ1) is 11.5. The lowest BCUT2D eigenvalue weighted by molar-refractivity contribution is 0.0855. The summed E-state index contributed by atoms with van der Waals surface area (Å²) in [5, 5.41) is 0. The minimum Gasteiger partial charge on any atom is -0.493 e. The SMILES string of the molecule is O=Cc1cc(Br)cc(OCC2CC2(F)F)c1. The van der Waals surface area contributed by atoms with Gasteiger partial charge in [0.25, 0.3) is 5.92 Å². The molecule has 0 aliphatic heterocycles. The molecule has 0 spiro atoms. The molecule has 1 aliphatic rings. The Morgan fingerprint density at radius 3 is 2.75 bits per heavy atom. The molecule has 2 rings (SSSR count). The van der Waals surface area contributed by atoms with E-state index in [0.29, 0.717) is 22.1 Å². The molecule has 5 heteroatoms. The van der Waals surface area contributed by atoms with Gasteiger partial charge in [0, 0.05) is 16.5 Å². The fraction of sp³-hybridized carbons (Fsp3) is 0.364. The number of ether oxygens (including phenoxy) is 1. The molecule has 16 heavy (non-hydrogen) atoms. The maximum Gasteiger partial charge on any atom is 0.255 e. The van der Waals surface area contributed by atoms with E-state index >= 15 is 0 Å². The topological polar surface area (TPSA) is 26.3 Å². The zero-order chi connectivity index (χ0) is 11.8. The molecule has 1 aromatic rings. The van der Waals surface area contributed by atoms with Gasteiger partial charge in [-0.05, 0) is 18.2 Å². The van der Waals surface area contributed by atoms with Crippen LogP contribution in [0.4, 0.5) is 8.78 Å². The van der Waals surface area contributed by atoms with Crippen molar-refractivity contribution in [1.29, 1.82) is 0 Å². The van der Waals surface area contributed by atoms with E-state index in [9.17, 15) is 13.6 Å². The monoisotopic (exact) mass is 290 g/mol. The van der Waals surface area contributed by atoms with Gasteiger partial charge in [0.2, 0.25) is 0 Å². The molecule has 1 aliphatic carbocycles. The van der Waals surface area contributed by atoms with Crippen LogP contribution in [0.2, 0.25) is 0 Å². The third-order valence-corrected chi connectivity index (χ3v) is 2.89. The number of benzene rings is 1. The molecule has 86 valence electrons. The van der Waals surface area contributed by atoms with Gasteiger partial charge >= 0.3 is 0 Å². The van der Waals surface area contributed by atoms with E-state index in [1.807, 2.05) is 0 Å². The van der Waals surface area contributed by atoms with E-state index in [4.69, 9.17) is 4.74 Å². The molecule has 0 N–H and O–H groups in total. The number of carbonyl (C=O) groups is 1. The summed E-state index contributed by atoms with van der Waals surface area (Å²) < 4.78 is 31.1. The van der Waals surface area contributed by atoms with E-state index in [2.05, 4.69) is 15.9 Å². The van der Waals surface area contributed by atoms with Crippen LogP contribution in [0.1, 0.15) is 16.8 Å². The fourth-order valence-corrected chi connectivity index (χ4v) is 1.87. The van der Waals surface area contributed by atoms with Crippen molar-refractivity contribution in [1.82, 2.24) is 0 Å². The lowest BCUT2D eigenvalue weighted by Crippen LogP contribution is -2.05. The van der Waals surface area contributed by atoms with Crippen LogP contribution in [0.25, 0.3) is 0 Å². The highest BCUT2D eigenvalue weighted by Crippen LogP contribution is 2.48. The highest BCUT2D eigenvalue weighted by atomic mass is 79.9. The summed E-state index contributed by atoms with van der Waals surface area (Å²) in [7, 11) is 0. The summed E-state index contributed by atoms with van der Waals surface area (Å²) in [6, 6.07) is 4.80. The van der Waals surface area contributed by atoms with Crippen LogP contribution < -0.4 is 4.74 Å². The number of rotatable bonds is 4. The first-order chi connectivity index (χ1) is 7.51. The van der Waals surface area contributed by atoms with E-state index in [1.165, 1.54) is 6.07 Å². The van der Waals surface area contributed by atoms with E-state index in [-0.39, 0.29) is 13.0 Å². The molecule has 1 saturated carbocycles. The molecule has 1 aromatic carbocycles. The predicted octanol–water partition coefficient (Wildman–Crippen LogP) is 3.30. The summed E-state index contributed by atoms with van der Waals surface area (Å²) in [5.74, 6) is -2.83. The van der Waals surface area contributed by atoms with Gasteiger partial charge < -0.3 is 4.74 Å². The van der Waals surface area contributed by atoms with Gasteiger partial charge in [-0.15, -0.1) is 0 Å². The van der Waals surface area contributed by atoms with Crippen LogP contribution in [0.5, 0.6) is 5.75 Å². The van der Waals surface area contributed by atoms with Crippen molar-refractivity contribution in [3.8, 4) is 5.75 Å². The summed E-state index contributed by atoms with van der Waals surface area (Å²) in [6.45, 7) is -0.0122. The quantitative estimate of drug-likeness (QED) is 0.796. The van der Waals surface area contributed by atoms with Crippen molar-refractivity contribution in [2.45, 2.75) is 12.3 Å². The van der Waals surface area contributed by atoms with Crippen LogP contribution in [0.3, 0.4) is 0 Å². The zero-order valence-electron chi connectivity index (χ0n) is 8.25. The van der Waals surface area contributed by atoms with E-state index < -0.39 is 11.8 Å². The second-order valence-electron chi connectivity index (χ2n) is 3.81. The van der Waals surface area contributed by atoms with Gasteiger partial charge in [-0.2, -0.15) is 0 Å². The Morgan fingerprint density at radius 2 is 2.19 bits per heavy atom. The zero-order valence-corrected chi connectivity index (χ0v) is 9.84. The third-order valence-electron chi connectivity index (χ3n) is 2.44. The van der Waals surface area contributed by atoms with Crippen LogP contribution in [0.15, 0.2) is 22.7 Å². The molecule has 1 atom stereocenters. The van der Waals surface area contributed by atoms with Crippen LogP contribution in [0, 0.1) is 5.92 Å². The largest absolute Gasteiger partial charge is 0.493 e. The average Bonchev–Trinajstić information content (AvgIpc) is 2.83. The molecule has 0 aromatic heterocycles. The normalized spacial score (nSPS) is 21.6. The van der Waals surface area contributed by atoms with Gasteiger partial charge in [-0.1, -0.05) is 15.9 Å². The highest BCUT2D eigenvalue weighted by molar-refractivity contribution is 9.10. The second-order valence-corrected chi connectivity index (χ2v) is 4.73. The number of hydrogen-bond donors (Lipinski definition) is 0. The van der Waals surface area contributed by atoms with E-state index in [1.54, 1.807) is 12.1 Å². The van der Waals surface area contributed by atoms with Crippen molar-refractivity contribution in [2.75, 3.05) is 6.61 Å². The van der Waals surface area contributed by atoms with E-state index in [0.717, 1.165) is 0 Å². The molecule has 0 saturated heterocycles. The van der Waals surface area contributed by atoms with Crippen LogP contribution >= 0.6 is 15.9 Å². The Morgan fingerprint density at radius 1 is 1.50 bits per heavy atom. The molecule has 1 unspecified atom stereocenters. The number of hydrogen-bond acceptors (Lipinski definition) is 2. The summed E-state index contributed by atoms with van der Waals surface area (Å²) in [4.78, 5) is 10.6. The minimum absolute atomic E-state index is 0.0122. The van der Waals surface area contributed by atoms with Gasteiger partial charge in [0.05, 0.1) is 12.5 Å². The Balaban J connectivity index is 1.99. The summed E-state index contributed by atoms with van der Waals surface area (Å²) in [5.41, 5.74) is 0.451. The van der Waals surface area contributed by atoms with Crippen molar-refractivity contribution in [3.63, 3.8) is 0 Å². The smallest absolute Gasteiger partial charge is 0.255 e. The number of carbonyl (C=O) groups excluding carboxylic acids is 1. The Labute approximate surface area is 99.7 Å². The van der Waals surface area contributed by atoms with Gasteiger partial charge in [-0.25, -0.2) is 8.78 Å². The Bertz CT molecular complexity index is 420. The first-order valence-electron chi connectivity index (χ1n) is 4.77. The number of alkyl halides is 2. The van der Waals surface area contributed by atoms with Crippen LogP contribution in [-0.4, -0.2) is 18.8 Å². The first-order valence-corrected chi connectivity index (χ1v) is 5.57. The molecule has 2 nitrogen and oxygen atoms in total. The maximum absolute atomic E-state index is 12.6. The third kappa shape index (κ3) is 2.58. The van der Waals surface area contributed by atoms with Crippen molar-refractivity contribution in [3.05, 3.63) is 28.2 Å². The lowest BCUT2D eigenvalue weighted by Gasteiger charge is -2.06. The number of aldehydes is 1. The molecule has 0 radical (unpaired) electrons. The van der Waals surface area contributed by atoms with Gasteiger partial charge in [-0.3, -0.25) is 4.79 Å². The molecule has 0 heterocycles. The second kappa shape index (κ2) is 4.13. The van der Waals surface area contributed by atoms with Crippen LogP contribution in [-0.2, 0) is 0 Å². The average molecular weight is 291 g/mol. The van der Waals surface area contributed by atoms with Crippen molar-refractivity contribution >= 4 is 22.2 Å². The standard InChI is InChI=1S/C11H9BrF2O2/c12-9-1-7(5-15)2-10(3-9)16-6-8-4-11(8,13)14/h1-3,5,8H,4,6H2. The molecular formula is C11H9BrF2O2. The Kier molecular flexibility index (Phi) is 2.97. The maximum atomic E-state index is 12.6. The molecular weight excluding hydrogens is 282 g/mol. The highest BCUT2D eigenvalue weighted by Gasteiger charge is 2.57. The lowest BCUT2D eigenvalue weighted by atomic mass is 10.2. The van der Waals surface area contributed by atoms with Crippen molar-refractivity contribution < 1.29 is 18.3 Å². The fourth-order valence-electron chi connectivity index (χ4n) is 1.38. The van der Waals surface area contributed by atoms with Crippen molar-refractivity contribution in [2.24, 2.45) is 5.92 Å². The minimum atomic E-state index is -2.57. The molecule has 0 amide bonds. The Hall–Kier alpha value is -0.970.